The fourth-order valence-electron chi connectivity index (χ4n) is 3.47. The highest BCUT2D eigenvalue weighted by Gasteiger charge is 2.27. The summed E-state index contributed by atoms with van der Waals surface area (Å²) in [6.07, 6.45) is 1.66. The highest BCUT2D eigenvalue weighted by molar-refractivity contribution is 6.31. The van der Waals surface area contributed by atoms with Gasteiger partial charge in [0.1, 0.15) is 5.82 Å². The molecular formula is C22H20ClFN4O. The molecule has 1 amide bonds. The Morgan fingerprint density at radius 2 is 1.93 bits per heavy atom. The maximum absolute atomic E-state index is 13.3. The second kappa shape index (κ2) is 8.57. The highest BCUT2D eigenvalue weighted by atomic mass is 35.5. The number of hydrogen-bond acceptors (Lipinski definition) is 4. The molecule has 0 saturated carbocycles. The number of nitrogens with zero attached hydrogens (tertiary/aromatic N) is 3. The Bertz CT molecular complexity index is 997. The zero-order chi connectivity index (χ0) is 20.2. The van der Waals surface area contributed by atoms with Gasteiger partial charge in [-0.25, -0.2) is 4.39 Å². The van der Waals surface area contributed by atoms with Crippen molar-refractivity contribution in [1.29, 1.82) is 0 Å². The summed E-state index contributed by atoms with van der Waals surface area (Å²) < 4.78 is 13.3. The molecule has 29 heavy (non-hydrogen) atoms. The summed E-state index contributed by atoms with van der Waals surface area (Å²) in [7, 11) is 0. The second-order valence-corrected chi connectivity index (χ2v) is 7.45. The van der Waals surface area contributed by atoms with Gasteiger partial charge in [0, 0.05) is 24.3 Å². The first-order valence-electron chi connectivity index (χ1n) is 9.50. The molecule has 1 saturated heterocycles. The van der Waals surface area contributed by atoms with E-state index in [-0.39, 0.29) is 16.8 Å². The van der Waals surface area contributed by atoms with Crippen molar-refractivity contribution in [2.75, 3.05) is 23.3 Å². The van der Waals surface area contributed by atoms with Gasteiger partial charge in [-0.05, 0) is 43.2 Å². The second-order valence-electron chi connectivity index (χ2n) is 7.05. The van der Waals surface area contributed by atoms with Crippen LogP contribution >= 0.6 is 11.6 Å². The summed E-state index contributed by atoms with van der Waals surface area (Å²) in [5.41, 5.74) is 2.32. The van der Waals surface area contributed by atoms with E-state index in [9.17, 15) is 9.18 Å². The summed E-state index contributed by atoms with van der Waals surface area (Å²) in [5.74, 6) is -0.0487. The lowest BCUT2D eigenvalue weighted by Crippen LogP contribution is -2.41. The van der Waals surface area contributed by atoms with Crippen LogP contribution in [0.15, 0.2) is 60.7 Å². The highest BCUT2D eigenvalue weighted by Crippen LogP contribution is 2.25. The van der Waals surface area contributed by atoms with Crippen molar-refractivity contribution in [3.63, 3.8) is 0 Å². The number of piperidine rings is 1. The van der Waals surface area contributed by atoms with E-state index in [1.807, 2.05) is 42.5 Å². The number of nitrogens with one attached hydrogen (secondary N) is 1. The van der Waals surface area contributed by atoms with Crippen molar-refractivity contribution in [2.24, 2.45) is 5.92 Å². The van der Waals surface area contributed by atoms with Gasteiger partial charge in [0.15, 0.2) is 5.82 Å². The van der Waals surface area contributed by atoms with Crippen molar-refractivity contribution in [2.45, 2.75) is 12.8 Å². The zero-order valence-corrected chi connectivity index (χ0v) is 16.4. The molecule has 1 unspecified atom stereocenters. The topological polar surface area (TPSA) is 58.1 Å². The average Bonchev–Trinajstić information content (AvgIpc) is 2.77. The predicted octanol–water partition coefficient (Wildman–Crippen LogP) is 4.79. The number of hydrogen-bond donors (Lipinski definition) is 1. The Hall–Kier alpha value is -2.99. The van der Waals surface area contributed by atoms with Gasteiger partial charge in [-0.2, -0.15) is 0 Å². The van der Waals surface area contributed by atoms with Crippen LogP contribution in [0.5, 0.6) is 0 Å². The Balaban J connectivity index is 1.42. The Kier molecular flexibility index (Phi) is 5.71. The third-order valence-electron chi connectivity index (χ3n) is 5.02. The largest absolute Gasteiger partial charge is 0.354 e. The molecular weight excluding hydrogens is 391 g/mol. The van der Waals surface area contributed by atoms with E-state index < -0.39 is 5.82 Å². The van der Waals surface area contributed by atoms with Crippen molar-refractivity contribution in [1.82, 2.24) is 10.2 Å². The van der Waals surface area contributed by atoms with Crippen LogP contribution in [-0.4, -0.2) is 29.2 Å². The fraction of sp³-hybridized carbons (Fsp3) is 0.227. The van der Waals surface area contributed by atoms with Crippen molar-refractivity contribution in [3.05, 3.63) is 71.5 Å². The Morgan fingerprint density at radius 3 is 2.66 bits per heavy atom. The maximum Gasteiger partial charge on any atom is 0.229 e. The first-order chi connectivity index (χ1) is 14.1. The van der Waals surface area contributed by atoms with Gasteiger partial charge >= 0.3 is 0 Å². The molecule has 7 heteroatoms. The number of amides is 1. The molecule has 1 fully saturated rings. The Morgan fingerprint density at radius 1 is 1.10 bits per heavy atom. The number of halogens is 2. The van der Waals surface area contributed by atoms with E-state index >= 15 is 0 Å². The van der Waals surface area contributed by atoms with Crippen LogP contribution < -0.4 is 10.2 Å². The summed E-state index contributed by atoms with van der Waals surface area (Å²) in [6.45, 7) is 1.38. The fourth-order valence-corrected chi connectivity index (χ4v) is 3.65. The SMILES string of the molecule is O=C(Nc1ccc(F)c(Cl)c1)C1CCCN(c2ccc(-c3ccccc3)nn2)C1. The van der Waals surface area contributed by atoms with Crippen LogP contribution in [0.2, 0.25) is 5.02 Å². The summed E-state index contributed by atoms with van der Waals surface area (Å²) in [6, 6.07) is 17.9. The summed E-state index contributed by atoms with van der Waals surface area (Å²) in [5, 5.41) is 11.5. The normalized spacial score (nSPS) is 16.5. The number of carbonyl (C=O) groups is 1. The minimum absolute atomic E-state index is 0.0122. The molecule has 3 aromatic rings. The predicted molar refractivity (Wildman–Crippen MR) is 112 cm³/mol. The molecule has 0 aliphatic carbocycles. The molecule has 5 nitrogen and oxygen atoms in total. The van der Waals surface area contributed by atoms with Gasteiger partial charge < -0.3 is 10.2 Å². The number of benzene rings is 2. The monoisotopic (exact) mass is 410 g/mol. The molecule has 0 spiro atoms. The average molecular weight is 411 g/mol. The quantitative estimate of drug-likeness (QED) is 0.671. The molecule has 1 atom stereocenters. The molecule has 148 valence electrons. The van der Waals surface area contributed by atoms with Gasteiger partial charge in [-0.15, -0.1) is 10.2 Å². The lowest BCUT2D eigenvalue weighted by molar-refractivity contribution is -0.120. The van der Waals surface area contributed by atoms with Gasteiger partial charge in [0.25, 0.3) is 0 Å². The molecule has 2 heterocycles. The number of rotatable bonds is 4. The van der Waals surface area contributed by atoms with Crippen LogP contribution in [0.25, 0.3) is 11.3 Å². The first-order valence-corrected chi connectivity index (χ1v) is 9.88. The molecule has 4 rings (SSSR count). The van der Waals surface area contributed by atoms with Gasteiger partial charge in [-0.1, -0.05) is 41.9 Å². The zero-order valence-electron chi connectivity index (χ0n) is 15.7. The minimum Gasteiger partial charge on any atom is -0.354 e. The molecule has 1 N–H and O–H groups in total. The molecule has 0 bridgehead atoms. The van der Waals surface area contributed by atoms with E-state index in [1.165, 1.54) is 18.2 Å². The molecule has 1 aliphatic rings. The summed E-state index contributed by atoms with van der Waals surface area (Å²) >= 11 is 5.79. The van der Waals surface area contributed by atoms with E-state index in [0.717, 1.165) is 36.5 Å². The van der Waals surface area contributed by atoms with E-state index in [4.69, 9.17) is 11.6 Å². The Labute approximate surface area is 173 Å². The lowest BCUT2D eigenvalue weighted by Gasteiger charge is -2.32. The smallest absolute Gasteiger partial charge is 0.229 e. The van der Waals surface area contributed by atoms with Crippen molar-refractivity contribution >= 4 is 29.0 Å². The number of aromatic nitrogens is 2. The molecule has 0 radical (unpaired) electrons. The van der Waals surface area contributed by atoms with Crippen LogP contribution in [-0.2, 0) is 4.79 Å². The third-order valence-corrected chi connectivity index (χ3v) is 5.31. The van der Waals surface area contributed by atoms with E-state index in [1.54, 1.807) is 0 Å². The van der Waals surface area contributed by atoms with Crippen molar-refractivity contribution in [3.8, 4) is 11.3 Å². The maximum atomic E-state index is 13.3. The van der Waals surface area contributed by atoms with Gasteiger partial charge in [0.2, 0.25) is 5.91 Å². The molecule has 1 aromatic heterocycles. The third kappa shape index (κ3) is 4.54. The van der Waals surface area contributed by atoms with Gasteiger partial charge in [-0.3, -0.25) is 4.79 Å². The standard InChI is InChI=1S/C22H20ClFN4O/c23-18-13-17(8-9-19(18)24)25-22(29)16-7-4-12-28(14-16)21-11-10-20(26-27-21)15-5-2-1-3-6-15/h1-3,5-6,8-11,13,16H,4,7,12,14H2,(H,25,29). The van der Waals surface area contributed by atoms with Crippen LogP contribution in [0, 0.1) is 11.7 Å². The van der Waals surface area contributed by atoms with E-state index in [2.05, 4.69) is 20.4 Å². The van der Waals surface area contributed by atoms with Crippen LogP contribution in [0.3, 0.4) is 0 Å². The van der Waals surface area contributed by atoms with E-state index in [0.29, 0.717) is 12.2 Å². The van der Waals surface area contributed by atoms with Crippen molar-refractivity contribution < 1.29 is 9.18 Å². The molecule has 2 aromatic carbocycles. The number of carbonyl (C=O) groups excluding carboxylic acids is 1. The van der Waals surface area contributed by atoms with Gasteiger partial charge in [0.05, 0.1) is 16.6 Å². The first kappa shape index (κ1) is 19.3. The van der Waals surface area contributed by atoms with Crippen LogP contribution in [0.1, 0.15) is 12.8 Å². The van der Waals surface area contributed by atoms with Crippen LogP contribution in [0.4, 0.5) is 15.9 Å². The summed E-state index contributed by atoms with van der Waals surface area (Å²) in [4.78, 5) is 14.7. The number of anilines is 2. The minimum atomic E-state index is -0.508. The molecule has 1 aliphatic heterocycles. The lowest BCUT2D eigenvalue weighted by atomic mass is 9.97.